The number of alkyl halides is 7. The summed E-state index contributed by atoms with van der Waals surface area (Å²) in [7, 11) is 0. The van der Waals surface area contributed by atoms with E-state index in [1.165, 1.54) is 0 Å². The number of hydrogen-bond donors (Lipinski definition) is 0. The zero-order valence-electron chi connectivity index (χ0n) is 8.68. The maximum Gasteiger partial charge on any atom is 0.347 e. The molecule has 2 atom stereocenters. The van der Waals surface area contributed by atoms with Crippen molar-refractivity contribution in [3.63, 3.8) is 0 Å². The number of rotatable bonds is 1. The summed E-state index contributed by atoms with van der Waals surface area (Å²) in [6.07, 6.45) is -0.520. The highest BCUT2D eigenvalue weighted by Crippen LogP contribution is 2.62. The second-order valence-electron chi connectivity index (χ2n) is 4.14. The zero-order valence-corrected chi connectivity index (χ0v) is 10.8. The summed E-state index contributed by atoms with van der Waals surface area (Å²) in [5.74, 6) is -14.2. The van der Waals surface area contributed by atoms with Crippen LogP contribution in [0.5, 0.6) is 0 Å². The molecule has 0 aromatic carbocycles. The molecule has 100 valence electrons. The first kappa shape index (κ1) is 15.0. The van der Waals surface area contributed by atoms with Crippen LogP contribution in [0.2, 0.25) is 0 Å². The first-order valence-electron chi connectivity index (χ1n) is 4.53. The van der Waals surface area contributed by atoms with Crippen LogP contribution < -0.4 is 0 Å². The van der Waals surface area contributed by atoms with Crippen molar-refractivity contribution in [3.8, 4) is 0 Å². The number of hydrogen-bond acceptors (Lipinski definition) is 0. The van der Waals surface area contributed by atoms with E-state index in [1.54, 1.807) is 0 Å². The van der Waals surface area contributed by atoms with Gasteiger partial charge in [0.05, 0.1) is 0 Å². The van der Waals surface area contributed by atoms with Crippen LogP contribution in [0.25, 0.3) is 0 Å². The fourth-order valence-electron chi connectivity index (χ4n) is 1.48. The van der Waals surface area contributed by atoms with Gasteiger partial charge in [0.15, 0.2) is 5.83 Å². The molecule has 1 rings (SSSR count). The first-order valence-corrected chi connectivity index (χ1v) is 5.61. The Morgan fingerprint density at radius 1 is 1.06 bits per heavy atom. The Labute approximate surface area is 106 Å². The summed E-state index contributed by atoms with van der Waals surface area (Å²) in [6, 6.07) is 0. The summed E-state index contributed by atoms with van der Waals surface area (Å²) in [6.45, 7) is 1.85. The molecule has 8 heteroatoms. The summed E-state index contributed by atoms with van der Waals surface area (Å²) in [4.78, 5) is 0. The van der Waals surface area contributed by atoms with E-state index in [2.05, 4.69) is 0 Å². The van der Waals surface area contributed by atoms with E-state index < -0.39 is 39.0 Å². The summed E-state index contributed by atoms with van der Waals surface area (Å²) in [5.41, 5.74) is -3.80. The van der Waals surface area contributed by atoms with Crippen LogP contribution in [0.4, 0.5) is 30.7 Å². The van der Waals surface area contributed by atoms with Gasteiger partial charge in [-0.1, -0.05) is 13.8 Å². The molecule has 0 aromatic heterocycles. The number of halogens is 8. The van der Waals surface area contributed by atoms with Gasteiger partial charge in [-0.15, -0.1) is 0 Å². The lowest BCUT2D eigenvalue weighted by atomic mass is 9.77. The fourth-order valence-corrected chi connectivity index (χ4v) is 2.15. The van der Waals surface area contributed by atoms with Crippen LogP contribution in [0.1, 0.15) is 13.8 Å². The molecule has 0 heterocycles. The van der Waals surface area contributed by atoms with Crippen molar-refractivity contribution in [2.24, 2.45) is 5.92 Å². The van der Waals surface area contributed by atoms with Crippen molar-refractivity contribution in [2.45, 2.75) is 35.0 Å². The maximum atomic E-state index is 13.9. The van der Waals surface area contributed by atoms with Gasteiger partial charge in [-0.3, -0.25) is 0 Å². The van der Waals surface area contributed by atoms with Crippen molar-refractivity contribution in [1.82, 2.24) is 0 Å². The molecule has 0 amide bonds. The van der Waals surface area contributed by atoms with E-state index in [1.807, 2.05) is 0 Å². The van der Waals surface area contributed by atoms with Gasteiger partial charge >= 0.3 is 11.8 Å². The van der Waals surface area contributed by atoms with Crippen LogP contribution in [-0.2, 0) is 0 Å². The smallest absolute Gasteiger partial charge is 0.232 e. The molecule has 0 aromatic rings. The summed E-state index contributed by atoms with van der Waals surface area (Å²) < 4.78 is 88.7. The minimum Gasteiger partial charge on any atom is -0.232 e. The SMILES string of the molecule is CC(C)C1(F)C=C(F)C(F)(F)C(F)(I)C1(F)F. The Balaban J connectivity index is 3.57. The third-order valence-electron chi connectivity index (χ3n) is 2.75. The van der Waals surface area contributed by atoms with Gasteiger partial charge in [0, 0.05) is 0 Å². The Hall–Kier alpha value is -0.0200. The van der Waals surface area contributed by atoms with Crippen molar-refractivity contribution in [1.29, 1.82) is 0 Å². The van der Waals surface area contributed by atoms with E-state index in [4.69, 9.17) is 0 Å². The molecule has 0 aliphatic heterocycles. The molecule has 0 fully saturated rings. The third kappa shape index (κ3) is 1.61. The van der Waals surface area contributed by atoms with E-state index in [-0.39, 0.29) is 22.6 Å². The molecule has 0 nitrogen and oxygen atoms in total. The Morgan fingerprint density at radius 2 is 1.47 bits per heavy atom. The number of allylic oxidation sites excluding steroid dienone is 2. The third-order valence-corrected chi connectivity index (χ3v) is 4.10. The van der Waals surface area contributed by atoms with Crippen molar-refractivity contribution < 1.29 is 30.7 Å². The van der Waals surface area contributed by atoms with Gasteiger partial charge in [-0.2, -0.15) is 17.6 Å². The molecule has 0 radical (unpaired) electrons. The molecule has 0 saturated heterocycles. The standard InChI is InChI=1S/C9H8F7I/c1-4(2)6(11)3-5(10)7(12,13)9(16,17)8(6,14)15/h3-4H,1-2H3. The van der Waals surface area contributed by atoms with E-state index in [9.17, 15) is 30.7 Å². The molecule has 2 unspecified atom stereocenters. The van der Waals surface area contributed by atoms with Gasteiger partial charge in [-0.25, -0.2) is 13.2 Å². The van der Waals surface area contributed by atoms with Crippen molar-refractivity contribution in [3.05, 3.63) is 11.9 Å². The minimum absolute atomic E-state index is 0.0627. The molecule has 0 bridgehead atoms. The second-order valence-corrected chi connectivity index (χ2v) is 5.62. The van der Waals surface area contributed by atoms with Gasteiger partial charge in [-0.05, 0) is 34.6 Å². The lowest BCUT2D eigenvalue weighted by Crippen LogP contribution is -2.66. The van der Waals surface area contributed by atoms with Gasteiger partial charge < -0.3 is 0 Å². The summed E-state index contributed by atoms with van der Waals surface area (Å²) in [5, 5.41) is 0. The molecular formula is C9H8F7I. The zero-order chi connectivity index (χ0) is 13.9. The topological polar surface area (TPSA) is 0 Å². The Bertz CT molecular complexity index is 360. The van der Waals surface area contributed by atoms with Crippen LogP contribution in [0.3, 0.4) is 0 Å². The molecule has 0 N–H and O–H groups in total. The van der Waals surface area contributed by atoms with Crippen LogP contribution in [0, 0.1) is 5.92 Å². The molecule has 1 aliphatic carbocycles. The quantitative estimate of drug-likeness (QED) is 0.357. The van der Waals surface area contributed by atoms with E-state index in [0.29, 0.717) is 0 Å². The van der Waals surface area contributed by atoms with Gasteiger partial charge in [0.2, 0.25) is 5.67 Å². The highest BCUT2D eigenvalue weighted by atomic mass is 127. The highest BCUT2D eigenvalue weighted by Gasteiger charge is 2.81. The Kier molecular flexibility index (Phi) is 3.31. The average molecular weight is 376 g/mol. The first-order chi connectivity index (χ1) is 7.32. The van der Waals surface area contributed by atoms with E-state index in [0.717, 1.165) is 13.8 Å². The maximum absolute atomic E-state index is 13.9. The minimum atomic E-state index is -5.07. The fraction of sp³-hybridized carbons (Fsp3) is 0.778. The van der Waals surface area contributed by atoms with Crippen molar-refractivity contribution >= 4 is 22.6 Å². The van der Waals surface area contributed by atoms with Crippen LogP contribution >= 0.6 is 22.6 Å². The molecule has 17 heavy (non-hydrogen) atoms. The van der Waals surface area contributed by atoms with Crippen LogP contribution in [-0.4, -0.2) is 21.2 Å². The largest absolute Gasteiger partial charge is 0.347 e. The Morgan fingerprint density at radius 3 is 1.82 bits per heavy atom. The second kappa shape index (κ2) is 3.74. The monoisotopic (exact) mass is 376 g/mol. The molecule has 1 aliphatic rings. The highest BCUT2D eigenvalue weighted by molar-refractivity contribution is 14.1. The molecule has 0 saturated carbocycles. The normalized spacial score (nSPS) is 40.3. The predicted octanol–water partition coefficient (Wildman–Crippen LogP) is 4.59. The van der Waals surface area contributed by atoms with Gasteiger partial charge in [0.1, 0.15) is 0 Å². The van der Waals surface area contributed by atoms with Gasteiger partial charge in [0.25, 0.3) is 3.68 Å². The predicted molar refractivity (Wildman–Crippen MR) is 55.6 cm³/mol. The van der Waals surface area contributed by atoms with Crippen LogP contribution in [0.15, 0.2) is 11.9 Å². The lowest BCUT2D eigenvalue weighted by molar-refractivity contribution is -0.249. The lowest BCUT2D eigenvalue weighted by Gasteiger charge is -2.45. The van der Waals surface area contributed by atoms with E-state index >= 15 is 0 Å². The molecule has 0 spiro atoms. The average Bonchev–Trinajstić information content (AvgIpc) is 2.14. The summed E-state index contributed by atoms with van der Waals surface area (Å²) >= 11 is 0.0627. The molecular weight excluding hydrogens is 368 g/mol. The van der Waals surface area contributed by atoms with Crippen molar-refractivity contribution in [2.75, 3.05) is 0 Å².